The van der Waals surface area contributed by atoms with E-state index < -0.39 is 0 Å². The summed E-state index contributed by atoms with van der Waals surface area (Å²) in [6.07, 6.45) is 0. The molecule has 1 fully saturated rings. The fourth-order valence-electron chi connectivity index (χ4n) is 1.95. The van der Waals surface area contributed by atoms with Crippen LogP contribution in [0.15, 0.2) is 24.3 Å². The van der Waals surface area contributed by atoms with Crippen LogP contribution < -0.4 is 10.6 Å². The van der Waals surface area contributed by atoms with Crippen LogP contribution >= 0.6 is 0 Å². The van der Waals surface area contributed by atoms with Crippen molar-refractivity contribution in [1.29, 1.82) is 0 Å². The maximum atomic E-state index is 11.9. The number of rotatable bonds is 2. The summed E-state index contributed by atoms with van der Waals surface area (Å²) < 4.78 is 0. The maximum absolute atomic E-state index is 11.9. The molecule has 3 heteroatoms. The topological polar surface area (TPSA) is 41.1 Å². The van der Waals surface area contributed by atoms with E-state index >= 15 is 0 Å². The molecular formula is C14H20N2O. The molecule has 0 saturated carbocycles. The Morgan fingerprint density at radius 2 is 1.94 bits per heavy atom. The van der Waals surface area contributed by atoms with E-state index in [1.807, 2.05) is 18.2 Å². The van der Waals surface area contributed by atoms with Crippen LogP contribution in [-0.2, 0) is 10.2 Å². The van der Waals surface area contributed by atoms with Crippen molar-refractivity contribution in [2.45, 2.75) is 26.2 Å². The lowest BCUT2D eigenvalue weighted by molar-refractivity contribution is -0.121. The number of para-hydroxylation sites is 1. The minimum atomic E-state index is 0.0434. The summed E-state index contributed by atoms with van der Waals surface area (Å²) in [6, 6.07) is 8.03. The molecule has 92 valence electrons. The largest absolute Gasteiger partial charge is 0.325 e. The van der Waals surface area contributed by atoms with Crippen LogP contribution in [0.2, 0.25) is 0 Å². The van der Waals surface area contributed by atoms with Crippen molar-refractivity contribution in [1.82, 2.24) is 5.32 Å². The van der Waals surface area contributed by atoms with Gasteiger partial charge in [0.2, 0.25) is 5.91 Å². The average Bonchev–Trinajstić information content (AvgIpc) is 2.13. The van der Waals surface area contributed by atoms with Gasteiger partial charge >= 0.3 is 0 Å². The summed E-state index contributed by atoms with van der Waals surface area (Å²) in [5.74, 6) is 0.253. The van der Waals surface area contributed by atoms with Gasteiger partial charge in [-0.3, -0.25) is 4.79 Å². The molecular weight excluding hydrogens is 212 g/mol. The highest BCUT2D eigenvalue weighted by atomic mass is 16.2. The summed E-state index contributed by atoms with van der Waals surface area (Å²) in [6.45, 7) is 8.06. The predicted octanol–water partition coefficient (Wildman–Crippen LogP) is 2.14. The van der Waals surface area contributed by atoms with Crippen LogP contribution in [0.4, 0.5) is 5.69 Å². The second kappa shape index (κ2) is 4.49. The third kappa shape index (κ3) is 2.67. The van der Waals surface area contributed by atoms with Gasteiger partial charge in [0.05, 0.1) is 5.92 Å². The quantitative estimate of drug-likeness (QED) is 0.820. The van der Waals surface area contributed by atoms with Gasteiger partial charge in [-0.1, -0.05) is 39.0 Å². The first-order valence-electron chi connectivity index (χ1n) is 6.09. The van der Waals surface area contributed by atoms with Crippen molar-refractivity contribution in [3.63, 3.8) is 0 Å². The van der Waals surface area contributed by atoms with E-state index in [0.717, 1.165) is 18.8 Å². The lowest BCUT2D eigenvalue weighted by Gasteiger charge is -2.28. The Kier molecular flexibility index (Phi) is 3.20. The van der Waals surface area contributed by atoms with E-state index in [1.165, 1.54) is 5.56 Å². The SMILES string of the molecule is CC(C)(C)c1ccccc1NC(=O)C1CNC1. The summed E-state index contributed by atoms with van der Waals surface area (Å²) >= 11 is 0. The predicted molar refractivity (Wildman–Crippen MR) is 70.1 cm³/mol. The van der Waals surface area contributed by atoms with Gasteiger partial charge in [-0.05, 0) is 17.0 Å². The van der Waals surface area contributed by atoms with Gasteiger partial charge in [-0.25, -0.2) is 0 Å². The van der Waals surface area contributed by atoms with E-state index in [9.17, 15) is 4.79 Å². The van der Waals surface area contributed by atoms with E-state index in [1.54, 1.807) is 0 Å². The number of carbonyl (C=O) groups is 1. The van der Waals surface area contributed by atoms with E-state index in [0.29, 0.717) is 0 Å². The number of benzene rings is 1. The molecule has 1 saturated heterocycles. The summed E-state index contributed by atoms with van der Waals surface area (Å²) in [4.78, 5) is 11.9. The van der Waals surface area contributed by atoms with Gasteiger partial charge in [-0.15, -0.1) is 0 Å². The zero-order valence-corrected chi connectivity index (χ0v) is 10.7. The summed E-state index contributed by atoms with van der Waals surface area (Å²) in [5.41, 5.74) is 2.17. The maximum Gasteiger partial charge on any atom is 0.230 e. The van der Waals surface area contributed by atoms with Crippen molar-refractivity contribution in [3.05, 3.63) is 29.8 Å². The highest BCUT2D eigenvalue weighted by Crippen LogP contribution is 2.29. The van der Waals surface area contributed by atoms with Gasteiger partial charge in [0.15, 0.2) is 0 Å². The standard InChI is InChI=1S/C14H20N2O/c1-14(2,3)11-6-4-5-7-12(11)16-13(17)10-8-15-9-10/h4-7,10,15H,8-9H2,1-3H3,(H,16,17). The van der Waals surface area contributed by atoms with Crippen LogP contribution in [-0.4, -0.2) is 19.0 Å². The second-order valence-corrected chi connectivity index (χ2v) is 5.64. The van der Waals surface area contributed by atoms with Crippen LogP contribution in [0, 0.1) is 5.92 Å². The molecule has 0 aromatic heterocycles. The first-order chi connectivity index (χ1) is 7.98. The number of nitrogens with one attached hydrogen (secondary N) is 2. The van der Waals surface area contributed by atoms with Crippen LogP contribution in [0.5, 0.6) is 0 Å². The molecule has 2 rings (SSSR count). The number of amides is 1. The third-order valence-electron chi connectivity index (χ3n) is 3.15. The Bertz CT molecular complexity index is 416. The van der Waals surface area contributed by atoms with Crippen molar-refractivity contribution < 1.29 is 4.79 Å². The van der Waals surface area contributed by atoms with Crippen molar-refractivity contribution in [2.75, 3.05) is 18.4 Å². The summed E-state index contributed by atoms with van der Waals surface area (Å²) in [7, 11) is 0. The van der Waals surface area contributed by atoms with Crippen LogP contribution in [0.25, 0.3) is 0 Å². The molecule has 1 aliphatic rings. The summed E-state index contributed by atoms with van der Waals surface area (Å²) in [5, 5.41) is 6.15. The van der Waals surface area contributed by atoms with Gasteiger partial charge in [-0.2, -0.15) is 0 Å². The molecule has 0 aliphatic carbocycles. The van der Waals surface area contributed by atoms with Gasteiger partial charge in [0.25, 0.3) is 0 Å². The van der Waals surface area contributed by atoms with Gasteiger partial charge < -0.3 is 10.6 Å². The van der Waals surface area contributed by atoms with E-state index in [-0.39, 0.29) is 17.2 Å². The van der Waals surface area contributed by atoms with Crippen LogP contribution in [0.3, 0.4) is 0 Å². The molecule has 0 spiro atoms. The first-order valence-corrected chi connectivity index (χ1v) is 6.09. The zero-order valence-electron chi connectivity index (χ0n) is 10.7. The fourth-order valence-corrected chi connectivity index (χ4v) is 1.95. The molecule has 17 heavy (non-hydrogen) atoms. The monoisotopic (exact) mass is 232 g/mol. The fraction of sp³-hybridized carbons (Fsp3) is 0.500. The van der Waals surface area contributed by atoms with Crippen molar-refractivity contribution in [2.24, 2.45) is 5.92 Å². The van der Waals surface area contributed by atoms with Gasteiger partial charge in [0.1, 0.15) is 0 Å². The normalized spacial score (nSPS) is 16.4. The smallest absolute Gasteiger partial charge is 0.230 e. The van der Waals surface area contributed by atoms with Gasteiger partial charge in [0, 0.05) is 18.8 Å². The second-order valence-electron chi connectivity index (χ2n) is 5.64. The third-order valence-corrected chi connectivity index (χ3v) is 3.15. The Hall–Kier alpha value is -1.35. The van der Waals surface area contributed by atoms with E-state index in [4.69, 9.17) is 0 Å². The number of hydrogen-bond acceptors (Lipinski definition) is 2. The molecule has 0 unspecified atom stereocenters. The molecule has 1 heterocycles. The zero-order chi connectivity index (χ0) is 12.5. The molecule has 1 amide bonds. The lowest BCUT2D eigenvalue weighted by atomic mass is 9.85. The Labute approximate surface area is 103 Å². The number of carbonyl (C=O) groups excluding carboxylic acids is 1. The molecule has 1 aliphatic heterocycles. The lowest BCUT2D eigenvalue weighted by Crippen LogP contribution is -2.48. The van der Waals surface area contributed by atoms with Crippen molar-refractivity contribution in [3.8, 4) is 0 Å². The molecule has 1 aromatic rings. The Morgan fingerprint density at radius 1 is 1.29 bits per heavy atom. The minimum absolute atomic E-state index is 0.0434. The molecule has 3 nitrogen and oxygen atoms in total. The highest BCUT2D eigenvalue weighted by molar-refractivity contribution is 5.94. The molecule has 2 N–H and O–H groups in total. The van der Waals surface area contributed by atoms with E-state index in [2.05, 4.69) is 37.5 Å². The Balaban J connectivity index is 2.17. The van der Waals surface area contributed by atoms with Crippen LogP contribution in [0.1, 0.15) is 26.3 Å². The molecule has 0 atom stereocenters. The molecule has 1 aromatic carbocycles. The number of hydrogen-bond donors (Lipinski definition) is 2. The Morgan fingerprint density at radius 3 is 2.47 bits per heavy atom. The molecule has 0 bridgehead atoms. The van der Waals surface area contributed by atoms with Crippen molar-refractivity contribution >= 4 is 11.6 Å². The number of anilines is 1. The highest BCUT2D eigenvalue weighted by Gasteiger charge is 2.26. The molecule has 0 radical (unpaired) electrons. The average molecular weight is 232 g/mol. The minimum Gasteiger partial charge on any atom is -0.325 e. The first kappa shape index (κ1) is 12.1.